The van der Waals surface area contributed by atoms with Crippen LogP contribution in [0.2, 0.25) is 0 Å². The van der Waals surface area contributed by atoms with E-state index in [0.29, 0.717) is 13.2 Å². The summed E-state index contributed by atoms with van der Waals surface area (Å²) in [5.41, 5.74) is 2.56. The van der Waals surface area contributed by atoms with Crippen LogP contribution in [0.3, 0.4) is 0 Å². The fraction of sp³-hybridized carbons (Fsp3) is 0.667. The standard InChI is InChI=1S/C24H39N5O2/c1-4-25-24(26-18-20-9-11-21(12-10-20)19-27(5-2)6-3)29-15-13-28(14-16-29)23(30)22-8-7-17-31-22/h9-12,22H,4-8,13-19H2,1-3H3,(H,25,26). The quantitative estimate of drug-likeness (QED) is 0.508. The van der Waals surface area contributed by atoms with Crippen molar-refractivity contribution < 1.29 is 9.53 Å². The van der Waals surface area contributed by atoms with Crippen molar-refractivity contribution in [1.29, 1.82) is 0 Å². The van der Waals surface area contributed by atoms with Crippen molar-refractivity contribution in [3.63, 3.8) is 0 Å². The molecule has 3 rings (SSSR count). The fourth-order valence-electron chi connectivity index (χ4n) is 4.16. The van der Waals surface area contributed by atoms with Gasteiger partial charge in [0.15, 0.2) is 5.96 Å². The molecule has 2 fully saturated rings. The Morgan fingerprint density at radius 1 is 1.06 bits per heavy atom. The molecule has 0 aliphatic carbocycles. The Morgan fingerprint density at radius 3 is 2.29 bits per heavy atom. The highest BCUT2D eigenvalue weighted by Crippen LogP contribution is 2.16. The third-order valence-corrected chi connectivity index (χ3v) is 6.17. The Labute approximate surface area is 187 Å². The lowest BCUT2D eigenvalue weighted by atomic mass is 10.1. The van der Waals surface area contributed by atoms with E-state index in [-0.39, 0.29) is 12.0 Å². The summed E-state index contributed by atoms with van der Waals surface area (Å²) in [4.78, 5) is 24.1. The Kier molecular flexibility index (Phi) is 9.15. The van der Waals surface area contributed by atoms with Gasteiger partial charge < -0.3 is 19.9 Å². The van der Waals surface area contributed by atoms with Gasteiger partial charge in [-0.2, -0.15) is 0 Å². The van der Waals surface area contributed by atoms with Gasteiger partial charge in [0.25, 0.3) is 5.91 Å². The van der Waals surface area contributed by atoms with Crippen LogP contribution in [-0.2, 0) is 22.6 Å². The van der Waals surface area contributed by atoms with E-state index in [9.17, 15) is 4.79 Å². The fourth-order valence-corrected chi connectivity index (χ4v) is 4.16. The summed E-state index contributed by atoms with van der Waals surface area (Å²) in [5, 5.41) is 3.42. The van der Waals surface area contributed by atoms with Crippen molar-refractivity contribution in [3.05, 3.63) is 35.4 Å². The molecule has 2 aliphatic heterocycles. The molecule has 1 aromatic rings. The van der Waals surface area contributed by atoms with Gasteiger partial charge in [-0.05, 0) is 44.0 Å². The van der Waals surface area contributed by atoms with Crippen LogP contribution in [0.25, 0.3) is 0 Å². The minimum Gasteiger partial charge on any atom is -0.368 e. The summed E-state index contributed by atoms with van der Waals surface area (Å²) in [6.45, 7) is 14.9. The minimum absolute atomic E-state index is 0.156. The van der Waals surface area contributed by atoms with E-state index in [2.05, 4.69) is 60.2 Å². The van der Waals surface area contributed by atoms with Gasteiger partial charge in [0.2, 0.25) is 0 Å². The van der Waals surface area contributed by atoms with Crippen molar-refractivity contribution in [3.8, 4) is 0 Å². The van der Waals surface area contributed by atoms with Crippen molar-refractivity contribution in [2.75, 3.05) is 52.4 Å². The molecule has 2 aliphatic rings. The molecular formula is C24H39N5O2. The number of piperazine rings is 1. The first-order valence-electron chi connectivity index (χ1n) is 11.9. The highest BCUT2D eigenvalue weighted by Gasteiger charge is 2.30. The van der Waals surface area contributed by atoms with Crippen LogP contribution in [0.1, 0.15) is 44.7 Å². The number of nitrogens with zero attached hydrogens (tertiary/aromatic N) is 4. The molecular weight excluding hydrogens is 390 g/mol. The summed E-state index contributed by atoms with van der Waals surface area (Å²) >= 11 is 0. The summed E-state index contributed by atoms with van der Waals surface area (Å²) in [6, 6.07) is 8.80. The van der Waals surface area contributed by atoms with E-state index in [4.69, 9.17) is 9.73 Å². The SMILES string of the molecule is CCNC(=NCc1ccc(CN(CC)CC)cc1)N1CCN(C(=O)C2CCCO2)CC1. The minimum atomic E-state index is -0.224. The number of guanidine groups is 1. The van der Waals surface area contributed by atoms with Crippen LogP contribution in [0, 0.1) is 0 Å². The van der Waals surface area contributed by atoms with Gasteiger partial charge in [-0.25, -0.2) is 4.99 Å². The van der Waals surface area contributed by atoms with E-state index in [1.54, 1.807) is 0 Å². The van der Waals surface area contributed by atoms with E-state index in [1.165, 1.54) is 11.1 Å². The number of nitrogens with one attached hydrogen (secondary N) is 1. The van der Waals surface area contributed by atoms with Crippen LogP contribution < -0.4 is 5.32 Å². The number of rotatable bonds is 8. The lowest BCUT2D eigenvalue weighted by Crippen LogP contribution is -2.55. The molecule has 0 saturated carbocycles. The lowest BCUT2D eigenvalue weighted by molar-refractivity contribution is -0.142. The van der Waals surface area contributed by atoms with Crippen molar-refractivity contribution in [2.24, 2.45) is 4.99 Å². The number of hydrogen-bond donors (Lipinski definition) is 1. The largest absolute Gasteiger partial charge is 0.368 e. The van der Waals surface area contributed by atoms with Gasteiger partial charge in [0.05, 0.1) is 6.54 Å². The van der Waals surface area contributed by atoms with Gasteiger partial charge in [-0.15, -0.1) is 0 Å². The predicted octanol–water partition coefficient (Wildman–Crippen LogP) is 2.32. The molecule has 0 bridgehead atoms. The van der Waals surface area contributed by atoms with Crippen LogP contribution >= 0.6 is 0 Å². The maximum atomic E-state index is 12.6. The number of amides is 1. The first-order chi connectivity index (χ1) is 15.1. The molecule has 7 heteroatoms. The maximum absolute atomic E-state index is 12.6. The van der Waals surface area contributed by atoms with Gasteiger partial charge in [-0.1, -0.05) is 38.1 Å². The normalized spacial score (nSPS) is 19.9. The van der Waals surface area contributed by atoms with Crippen molar-refractivity contribution in [2.45, 2.75) is 52.8 Å². The second kappa shape index (κ2) is 12.1. The summed E-state index contributed by atoms with van der Waals surface area (Å²) in [6.07, 6.45) is 1.62. The molecule has 0 radical (unpaired) electrons. The second-order valence-electron chi connectivity index (χ2n) is 8.26. The zero-order valence-electron chi connectivity index (χ0n) is 19.5. The molecule has 2 saturated heterocycles. The molecule has 172 valence electrons. The average Bonchev–Trinajstić information content (AvgIpc) is 3.36. The van der Waals surface area contributed by atoms with Crippen LogP contribution in [0.5, 0.6) is 0 Å². The molecule has 0 spiro atoms. The Morgan fingerprint density at radius 2 is 1.71 bits per heavy atom. The molecule has 1 aromatic carbocycles. The number of ether oxygens (including phenoxy) is 1. The first kappa shape index (κ1) is 23.5. The van der Waals surface area contributed by atoms with E-state index in [0.717, 1.165) is 71.2 Å². The van der Waals surface area contributed by atoms with Crippen LogP contribution in [-0.4, -0.2) is 85.1 Å². The van der Waals surface area contributed by atoms with Crippen molar-refractivity contribution in [1.82, 2.24) is 20.0 Å². The number of hydrogen-bond acceptors (Lipinski definition) is 4. The molecule has 2 heterocycles. The second-order valence-corrected chi connectivity index (χ2v) is 8.26. The summed E-state index contributed by atoms with van der Waals surface area (Å²) in [7, 11) is 0. The lowest BCUT2D eigenvalue weighted by Gasteiger charge is -2.37. The van der Waals surface area contributed by atoms with Crippen LogP contribution in [0.15, 0.2) is 29.3 Å². The number of carbonyl (C=O) groups excluding carboxylic acids is 1. The van der Waals surface area contributed by atoms with Crippen molar-refractivity contribution >= 4 is 11.9 Å². The average molecular weight is 430 g/mol. The topological polar surface area (TPSA) is 60.4 Å². The number of aliphatic imine (C=N–C) groups is 1. The third kappa shape index (κ3) is 6.68. The zero-order chi connectivity index (χ0) is 22.1. The van der Waals surface area contributed by atoms with E-state index in [1.807, 2.05) is 4.90 Å². The first-order valence-corrected chi connectivity index (χ1v) is 11.9. The Hall–Kier alpha value is -2.12. The van der Waals surface area contributed by atoms with Crippen LogP contribution in [0.4, 0.5) is 0 Å². The number of benzene rings is 1. The highest BCUT2D eigenvalue weighted by molar-refractivity contribution is 5.82. The number of carbonyl (C=O) groups is 1. The molecule has 1 unspecified atom stereocenters. The van der Waals surface area contributed by atoms with Gasteiger partial charge in [0.1, 0.15) is 6.10 Å². The molecule has 31 heavy (non-hydrogen) atoms. The third-order valence-electron chi connectivity index (χ3n) is 6.17. The monoisotopic (exact) mass is 429 g/mol. The predicted molar refractivity (Wildman–Crippen MR) is 125 cm³/mol. The van der Waals surface area contributed by atoms with E-state index >= 15 is 0 Å². The molecule has 0 aromatic heterocycles. The van der Waals surface area contributed by atoms with Gasteiger partial charge in [0, 0.05) is 45.9 Å². The molecule has 1 N–H and O–H groups in total. The summed E-state index contributed by atoms with van der Waals surface area (Å²) in [5.74, 6) is 1.09. The van der Waals surface area contributed by atoms with Gasteiger partial charge in [-0.3, -0.25) is 9.69 Å². The zero-order valence-corrected chi connectivity index (χ0v) is 19.5. The highest BCUT2D eigenvalue weighted by atomic mass is 16.5. The maximum Gasteiger partial charge on any atom is 0.251 e. The van der Waals surface area contributed by atoms with Gasteiger partial charge >= 0.3 is 0 Å². The molecule has 1 atom stereocenters. The Balaban J connectivity index is 1.53. The van der Waals surface area contributed by atoms with E-state index < -0.39 is 0 Å². The molecule has 1 amide bonds. The summed E-state index contributed by atoms with van der Waals surface area (Å²) < 4.78 is 5.57. The smallest absolute Gasteiger partial charge is 0.251 e. The molecule has 7 nitrogen and oxygen atoms in total. The Bertz CT molecular complexity index is 703.